The van der Waals surface area contributed by atoms with Crippen molar-refractivity contribution < 1.29 is 4.79 Å². The molecule has 1 aliphatic rings. The third-order valence-electron chi connectivity index (χ3n) is 2.67. The maximum absolute atomic E-state index is 10.7. The fourth-order valence-corrected chi connectivity index (χ4v) is 1.86. The first kappa shape index (κ1) is 13.9. The third kappa shape index (κ3) is 4.32. The molecule has 1 aromatic heterocycles. The quantitative estimate of drug-likeness (QED) is 0.804. The molecule has 1 saturated heterocycles. The van der Waals surface area contributed by atoms with Gasteiger partial charge in [-0.25, -0.2) is 0 Å². The highest BCUT2D eigenvalue weighted by atomic mass is 35.5. The first-order valence-electron chi connectivity index (χ1n) is 5.61. The molecule has 17 heavy (non-hydrogen) atoms. The predicted molar refractivity (Wildman–Crippen MR) is 65.8 cm³/mol. The summed E-state index contributed by atoms with van der Waals surface area (Å²) in [6.07, 6.45) is 4.31. The van der Waals surface area contributed by atoms with Gasteiger partial charge in [0.1, 0.15) is 5.69 Å². The van der Waals surface area contributed by atoms with Crippen LogP contribution >= 0.6 is 12.4 Å². The van der Waals surface area contributed by atoms with Gasteiger partial charge in [0.2, 0.25) is 5.91 Å². The minimum absolute atomic E-state index is 0. The molecule has 2 heterocycles. The van der Waals surface area contributed by atoms with Crippen molar-refractivity contribution in [1.29, 1.82) is 0 Å². The van der Waals surface area contributed by atoms with Crippen LogP contribution in [0.1, 0.15) is 25.5 Å². The molecule has 1 aromatic rings. The Balaban J connectivity index is 0.00000144. The summed E-state index contributed by atoms with van der Waals surface area (Å²) in [4.78, 5) is 10.7. The Labute approximate surface area is 107 Å². The van der Waals surface area contributed by atoms with Gasteiger partial charge in [-0.1, -0.05) is 5.21 Å². The maximum Gasteiger partial charge on any atom is 0.217 e. The number of carbonyl (C=O) groups excluding carboxylic acids is 1. The van der Waals surface area contributed by atoms with E-state index in [1.807, 2.05) is 10.9 Å². The first-order valence-corrected chi connectivity index (χ1v) is 5.61. The number of aromatic nitrogens is 3. The lowest BCUT2D eigenvalue weighted by atomic mass is 10.2. The molecule has 2 N–H and O–H groups in total. The van der Waals surface area contributed by atoms with E-state index in [4.69, 9.17) is 0 Å². The largest absolute Gasteiger partial charge is 0.351 e. The molecule has 0 bridgehead atoms. The molecule has 1 amide bonds. The Kier molecular flexibility index (Phi) is 5.37. The van der Waals surface area contributed by atoms with Gasteiger partial charge in [-0.05, 0) is 19.4 Å². The van der Waals surface area contributed by atoms with Gasteiger partial charge in [0.25, 0.3) is 0 Å². The number of halogens is 1. The van der Waals surface area contributed by atoms with Crippen LogP contribution in [0.3, 0.4) is 0 Å². The molecule has 2 rings (SSSR count). The van der Waals surface area contributed by atoms with Gasteiger partial charge in [0.15, 0.2) is 0 Å². The van der Waals surface area contributed by atoms with E-state index in [1.54, 1.807) is 0 Å². The zero-order chi connectivity index (χ0) is 11.4. The van der Waals surface area contributed by atoms with Crippen molar-refractivity contribution in [1.82, 2.24) is 25.6 Å². The Bertz CT molecular complexity index is 361. The first-order chi connectivity index (χ1) is 7.74. The zero-order valence-electron chi connectivity index (χ0n) is 9.85. The summed E-state index contributed by atoms with van der Waals surface area (Å²) in [7, 11) is 0. The molecule has 0 spiro atoms. The lowest BCUT2D eigenvalue weighted by Crippen LogP contribution is -2.26. The summed E-state index contributed by atoms with van der Waals surface area (Å²) >= 11 is 0. The Morgan fingerprint density at radius 2 is 2.53 bits per heavy atom. The molecule has 0 radical (unpaired) electrons. The van der Waals surface area contributed by atoms with Crippen LogP contribution in [-0.4, -0.2) is 33.5 Å². The van der Waals surface area contributed by atoms with Gasteiger partial charge in [-0.2, -0.15) is 0 Å². The van der Waals surface area contributed by atoms with Crippen molar-refractivity contribution >= 4 is 18.3 Å². The molecule has 6 nitrogen and oxygen atoms in total. The highest BCUT2D eigenvalue weighted by Crippen LogP contribution is 2.06. The van der Waals surface area contributed by atoms with Crippen LogP contribution in [0.5, 0.6) is 0 Å². The Morgan fingerprint density at radius 1 is 1.71 bits per heavy atom. The molecule has 1 unspecified atom stereocenters. The monoisotopic (exact) mass is 259 g/mol. The number of nitrogens with one attached hydrogen (secondary N) is 2. The predicted octanol–water partition coefficient (Wildman–Crippen LogP) is 0.0880. The third-order valence-corrected chi connectivity index (χ3v) is 2.67. The minimum Gasteiger partial charge on any atom is -0.351 e. The summed E-state index contributed by atoms with van der Waals surface area (Å²) in [6.45, 7) is 3.89. The lowest BCUT2D eigenvalue weighted by molar-refractivity contribution is -0.119. The zero-order valence-corrected chi connectivity index (χ0v) is 10.7. The van der Waals surface area contributed by atoms with Crippen LogP contribution < -0.4 is 10.6 Å². The van der Waals surface area contributed by atoms with E-state index in [9.17, 15) is 4.79 Å². The van der Waals surface area contributed by atoms with Gasteiger partial charge in [0.05, 0.1) is 19.3 Å². The number of carbonyl (C=O) groups is 1. The van der Waals surface area contributed by atoms with Gasteiger partial charge in [-0.3, -0.25) is 9.48 Å². The van der Waals surface area contributed by atoms with Crippen molar-refractivity contribution in [3.05, 3.63) is 11.9 Å². The summed E-state index contributed by atoms with van der Waals surface area (Å²) in [5.74, 6) is -0.0491. The van der Waals surface area contributed by atoms with Crippen LogP contribution in [0.2, 0.25) is 0 Å². The number of nitrogens with zero attached hydrogens (tertiary/aromatic N) is 3. The normalized spacial score (nSPS) is 18.8. The smallest absolute Gasteiger partial charge is 0.217 e. The number of hydrogen-bond donors (Lipinski definition) is 2. The maximum atomic E-state index is 10.7. The van der Waals surface area contributed by atoms with Crippen LogP contribution in [0.25, 0.3) is 0 Å². The second-order valence-corrected chi connectivity index (χ2v) is 4.13. The second-order valence-electron chi connectivity index (χ2n) is 4.13. The fourth-order valence-electron chi connectivity index (χ4n) is 1.86. The van der Waals surface area contributed by atoms with Gasteiger partial charge in [-0.15, -0.1) is 17.5 Å². The molecular weight excluding hydrogens is 242 g/mol. The van der Waals surface area contributed by atoms with Crippen molar-refractivity contribution in [3.8, 4) is 0 Å². The lowest BCUT2D eigenvalue weighted by Gasteiger charge is -2.08. The van der Waals surface area contributed by atoms with Crippen LogP contribution in [0, 0.1) is 0 Å². The summed E-state index contributed by atoms with van der Waals surface area (Å²) in [6, 6.07) is 0.510. The van der Waals surface area contributed by atoms with Gasteiger partial charge in [0, 0.05) is 13.0 Å². The molecule has 1 fully saturated rings. The molecule has 0 aromatic carbocycles. The standard InChI is InChI=1S/C10H17N5O.ClH/c1-8(16)12-5-10-7-15(14-13-10)6-9-3-2-4-11-9;/h7,9,11H,2-6H2,1H3,(H,12,16);1H. The molecular formula is C10H18ClN5O. The van der Waals surface area contributed by atoms with E-state index in [0.29, 0.717) is 12.6 Å². The van der Waals surface area contributed by atoms with Crippen molar-refractivity contribution in [2.24, 2.45) is 0 Å². The summed E-state index contributed by atoms with van der Waals surface area (Å²) in [5.41, 5.74) is 0.799. The topological polar surface area (TPSA) is 71.8 Å². The van der Waals surface area contributed by atoms with E-state index in [-0.39, 0.29) is 18.3 Å². The number of amides is 1. The van der Waals surface area contributed by atoms with Crippen molar-refractivity contribution in [3.63, 3.8) is 0 Å². The molecule has 1 atom stereocenters. The SMILES string of the molecule is CC(=O)NCc1cn(CC2CCCN2)nn1.Cl. The highest BCUT2D eigenvalue weighted by molar-refractivity contribution is 5.85. The van der Waals surface area contributed by atoms with E-state index in [2.05, 4.69) is 20.9 Å². The molecule has 1 aliphatic heterocycles. The average Bonchev–Trinajstić information content (AvgIpc) is 2.87. The highest BCUT2D eigenvalue weighted by Gasteiger charge is 2.15. The Morgan fingerprint density at radius 3 is 3.18 bits per heavy atom. The van der Waals surface area contributed by atoms with Crippen molar-refractivity contribution in [2.45, 2.75) is 38.9 Å². The fraction of sp³-hybridized carbons (Fsp3) is 0.700. The van der Waals surface area contributed by atoms with Crippen molar-refractivity contribution in [2.75, 3.05) is 6.54 Å². The van der Waals surface area contributed by atoms with Crippen LogP contribution in [0.15, 0.2) is 6.20 Å². The van der Waals surface area contributed by atoms with Crippen LogP contribution in [-0.2, 0) is 17.9 Å². The van der Waals surface area contributed by atoms with Crippen LogP contribution in [0.4, 0.5) is 0 Å². The van der Waals surface area contributed by atoms with E-state index < -0.39 is 0 Å². The number of rotatable bonds is 4. The van der Waals surface area contributed by atoms with E-state index in [1.165, 1.54) is 19.8 Å². The number of hydrogen-bond acceptors (Lipinski definition) is 4. The van der Waals surface area contributed by atoms with E-state index in [0.717, 1.165) is 18.8 Å². The molecule has 0 aliphatic carbocycles. The van der Waals surface area contributed by atoms with Gasteiger partial charge < -0.3 is 10.6 Å². The molecule has 96 valence electrons. The summed E-state index contributed by atoms with van der Waals surface area (Å²) in [5, 5.41) is 14.1. The van der Waals surface area contributed by atoms with E-state index >= 15 is 0 Å². The van der Waals surface area contributed by atoms with Gasteiger partial charge >= 0.3 is 0 Å². The minimum atomic E-state index is -0.0491. The Hall–Kier alpha value is -1.14. The average molecular weight is 260 g/mol. The summed E-state index contributed by atoms with van der Waals surface area (Å²) < 4.78 is 1.83. The molecule has 7 heteroatoms. The second kappa shape index (κ2) is 6.56. The molecule has 0 saturated carbocycles.